The van der Waals surface area contributed by atoms with Gasteiger partial charge in [0.05, 0.1) is 23.7 Å². The van der Waals surface area contributed by atoms with Gasteiger partial charge in [0.25, 0.3) is 0 Å². The molecule has 4 rings (SSSR count). The summed E-state index contributed by atoms with van der Waals surface area (Å²) in [7, 11) is -1.20. The van der Waals surface area contributed by atoms with Crippen LogP contribution < -0.4 is 0 Å². The number of carbonyl (C=O) groups excluding carboxylic acids is 4. The molecule has 6 atom stereocenters. The summed E-state index contributed by atoms with van der Waals surface area (Å²) in [6.07, 6.45) is 3.07. The van der Waals surface area contributed by atoms with Gasteiger partial charge in [0.15, 0.2) is 0 Å². The minimum Gasteiger partial charge on any atom is -0.393 e. The number of hydrogen-bond acceptors (Lipinski definition) is 7. The van der Waals surface area contributed by atoms with Crippen LogP contribution in [0.3, 0.4) is 0 Å². The molecule has 0 radical (unpaired) electrons. The maximum atomic E-state index is 12.9. The van der Waals surface area contributed by atoms with E-state index in [0.29, 0.717) is 38.5 Å². The number of ether oxygens (including phenoxy) is 2. The van der Waals surface area contributed by atoms with E-state index in [-0.39, 0.29) is 22.3 Å². The van der Waals surface area contributed by atoms with E-state index in [4.69, 9.17) is 0 Å². The fraction of sp³-hybridized carbons (Fsp3) is 0.750. The molecule has 8 heteroatoms. The third-order valence-corrected chi connectivity index (χ3v) is 8.05. The van der Waals surface area contributed by atoms with E-state index in [2.05, 4.69) is 9.47 Å². The molecule has 0 amide bonds. The number of esters is 4. The molecule has 130 valence electrons. The molecule has 0 bridgehead atoms. The van der Waals surface area contributed by atoms with Gasteiger partial charge in [-0.15, -0.1) is 0 Å². The van der Waals surface area contributed by atoms with E-state index in [1.54, 1.807) is 0 Å². The van der Waals surface area contributed by atoms with Gasteiger partial charge < -0.3 is 9.47 Å². The van der Waals surface area contributed by atoms with Crippen LogP contribution in [-0.4, -0.2) is 38.6 Å². The molecule has 7 nitrogen and oxygen atoms in total. The Balaban J connectivity index is 1.43. The monoisotopic (exact) mass is 354 g/mol. The molecule has 0 aromatic carbocycles. The van der Waals surface area contributed by atoms with Gasteiger partial charge in [0.2, 0.25) is 0 Å². The summed E-state index contributed by atoms with van der Waals surface area (Å²) in [4.78, 5) is 46.7. The summed E-state index contributed by atoms with van der Waals surface area (Å²) >= 11 is 0. The highest BCUT2D eigenvalue weighted by atomic mass is 32.2. The Hall–Kier alpha value is -1.57. The van der Waals surface area contributed by atoms with Gasteiger partial charge in [0.1, 0.15) is 0 Å². The van der Waals surface area contributed by atoms with Crippen LogP contribution in [0.1, 0.15) is 38.5 Å². The van der Waals surface area contributed by atoms with Crippen molar-refractivity contribution < 1.29 is 32.9 Å². The quantitative estimate of drug-likeness (QED) is 0.524. The molecule has 2 saturated carbocycles. The number of cyclic esters (lactones) is 4. The van der Waals surface area contributed by atoms with Crippen molar-refractivity contribution in [2.24, 2.45) is 23.7 Å². The maximum Gasteiger partial charge on any atom is 0.317 e. The molecule has 2 aliphatic heterocycles. The molecule has 24 heavy (non-hydrogen) atoms. The zero-order chi connectivity index (χ0) is 17.0. The van der Waals surface area contributed by atoms with Crippen LogP contribution in [0.15, 0.2) is 0 Å². The number of fused-ring (bicyclic) bond motifs is 2. The fourth-order valence-electron chi connectivity index (χ4n) is 4.54. The highest BCUT2D eigenvalue weighted by Crippen LogP contribution is 2.43. The molecular formula is C16H18O7S. The highest BCUT2D eigenvalue weighted by Gasteiger charge is 2.52. The Kier molecular flexibility index (Phi) is 3.82. The van der Waals surface area contributed by atoms with Crippen molar-refractivity contribution in [3.8, 4) is 0 Å². The average Bonchev–Trinajstić information content (AvgIpc) is 3.02. The highest BCUT2D eigenvalue weighted by molar-refractivity contribution is 7.86. The van der Waals surface area contributed by atoms with Crippen molar-refractivity contribution >= 4 is 34.7 Å². The van der Waals surface area contributed by atoms with Gasteiger partial charge in [-0.3, -0.25) is 23.4 Å². The lowest BCUT2D eigenvalue weighted by Gasteiger charge is -2.33. The molecule has 2 saturated heterocycles. The standard InChI is InChI=1S/C16H18O7S/c17-13-9-3-1-7(5-11(9)15(19)22-13)24(21)8-2-4-10-12(6-8)16(20)23-14(10)18/h7-12H,1-6H2. The second kappa shape index (κ2) is 5.75. The third kappa shape index (κ3) is 2.42. The number of carbonyl (C=O) groups is 4. The maximum absolute atomic E-state index is 12.9. The predicted molar refractivity (Wildman–Crippen MR) is 79.6 cm³/mol. The summed E-state index contributed by atoms with van der Waals surface area (Å²) < 4.78 is 22.3. The van der Waals surface area contributed by atoms with Crippen LogP contribution in [0.4, 0.5) is 0 Å². The van der Waals surface area contributed by atoms with Crippen molar-refractivity contribution in [2.75, 3.05) is 0 Å². The average molecular weight is 354 g/mol. The molecule has 0 N–H and O–H groups in total. The van der Waals surface area contributed by atoms with Crippen molar-refractivity contribution in [1.29, 1.82) is 0 Å². The van der Waals surface area contributed by atoms with Gasteiger partial charge in [-0.25, -0.2) is 0 Å². The molecule has 4 aliphatic rings. The molecular weight excluding hydrogens is 336 g/mol. The van der Waals surface area contributed by atoms with E-state index in [9.17, 15) is 23.4 Å². The minimum absolute atomic E-state index is 0.167. The Morgan fingerprint density at radius 3 is 1.42 bits per heavy atom. The zero-order valence-electron chi connectivity index (χ0n) is 13.0. The first-order valence-electron chi connectivity index (χ1n) is 8.36. The zero-order valence-corrected chi connectivity index (χ0v) is 13.8. The lowest BCUT2D eigenvalue weighted by Crippen LogP contribution is -2.39. The minimum atomic E-state index is -1.20. The Labute approximate surface area is 140 Å². The summed E-state index contributed by atoms with van der Waals surface area (Å²) in [6, 6.07) is 0. The summed E-state index contributed by atoms with van der Waals surface area (Å²) in [6.45, 7) is 0. The van der Waals surface area contributed by atoms with E-state index >= 15 is 0 Å². The van der Waals surface area contributed by atoms with Crippen molar-refractivity contribution in [3.63, 3.8) is 0 Å². The Bertz CT molecular complexity index is 603. The lowest BCUT2D eigenvalue weighted by molar-refractivity contribution is -0.155. The first-order valence-corrected chi connectivity index (χ1v) is 9.63. The summed E-state index contributed by atoms with van der Waals surface area (Å²) in [5, 5.41) is -0.334. The van der Waals surface area contributed by atoms with Crippen molar-refractivity contribution in [3.05, 3.63) is 0 Å². The predicted octanol–water partition coefficient (Wildman–Crippen LogP) is 0.472. The lowest BCUT2D eigenvalue weighted by atomic mass is 9.80. The van der Waals surface area contributed by atoms with Crippen molar-refractivity contribution in [2.45, 2.75) is 49.0 Å². The van der Waals surface area contributed by atoms with Gasteiger partial charge in [-0.2, -0.15) is 0 Å². The van der Waals surface area contributed by atoms with Crippen LogP contribution in [0, 0.1) is 23.7 Å². The molecule has 0 spiro atoms. The van der Waals surface area contributed by atoms with Crippen LogP contribution in [-0.2, 0) is 39.5 Å². The summed E-state index contributed by atoms with van der Waals surface area (Å²) in [5.74, 6) is -3.64. The molecule has 0 aromatic rings. The molecule has 2 aliphatic carbocycles. The number of hydrogen-bond donors (Lipinski definition) is 0. The largest absolute Gasteiger partial charge is 0.393 e. The topological polar surface area (TPSA) is 104 Å². The second-order valence-electron chi connectivity index (χ2n) is 7.10. The molecule has 6 unspecified atom stereocenters. The van der Waals surface area contributed by atoms with Crippen LogP contribution >= 0.6 is 0 Å². The first kappa shape index (κ1) is 15.9. The Morgan fingerprint density at radius 1 is 0.625 bits per heavy atom. The van der Waals surface area contributed by atoms with Crippen LogP contribution in [0.2, 0.25) is 0 Å². The molecule has 0 aromatic heterocycles. The number of rotatable bonds is 2. The van der Waals surface area contributed by atoms with Gasteiger partial charge >= 0.3 is 23.9 Å². The fourth-order valence-corrected chi connectivity index (χ4v) is 6.62. The first-order chi connectivity index (χ1) is 11.5. The van der Waals surface area contributed by atoms with Crippen LogP contribution in [0.5, 0.6) is 0 Å². The van der Waals surface area contributed by atoms with Gasteiger partial charge in [0, 0.05) is 21.3 Å². The van der Waals surface area contributed by atoms with E-state index in [1.807, 2.05) is 0 Å². The Morgan fingerprint density at radius 2 is 1.00 bits per heavy atom. The van der Waals surface area contributed by atoms with Crippen LogP contribution in [0.25, 0.3) is 0 Å². The second-order valence-corrected chi connectivity index (χ2v) is 9.10. The SMILES string of the molecule is O=C1OC(=O)C2CC(S(=O)C3CCC4C(=O)OC(=O)C4C3)CCC12. The van der Waals surface area contributed by atoms with Gasteiger partial charge in [-0.05, 0) is 38.5 Å². The third-order valence-electron chi connectivity index (χ3n) is 5.87. The van der Waals surface area contributed by atoms with E-state index in [1.165, 1.54) is 0 Å². The van der Waals surface area contributed by atoms with E-state index < -0.39 is 46.5 Å². The summed E-state index contributed by atoms with van der Waals surface area (Å²) in [5.41, 5.74) is 0. The molecule has 2 heterocycles. The van der Waals surface area contributed by atoms with Gasteiger partial charge in [-0.1, -0.05) is 0 Å². The van der Waals surface area contributed by atoms with E-state index in [0.717, 1.165) is 0 Å². The normalized spacial score (nSPS) is 43.0. The van der Waals surface area contributed by atoms with Crippen molar-refractivity contribution in [1.82, 2.24) is 0 Å². The smallest absolute Gasteiger partial charge is 0.317 e. The molecule has 4 fully saturated rings.